The van der Waals surface area contributed by atoms with E-state index >= 15 is 0 Å². The van der Waals surface area contributed by atoms with Crippen molar-refractivity contribution < 1.29 is 28.5 Å². The monoisotopic (exact) mass is 718 g/mol. The van der Waals surface area contributed by atoms with Crippen LogP contribution in [0.15, 0.2) is 93.3 Å². The summed E-state index contributed by atoms with van der Waals surface area (Å²) < 4.78 is 31.6. The number of benzene rings is 3. The van der Waals surface area contributed by atoms with Gasteiger partial charge in [0.25, 0.3) is 5.56 Å². The average Bonchev–Trinajstić information content (AvgIpc) is 3.39. The molecule has 0 amide bonds. The van der Waals surface area contributed by atoms with Crippen molar-refractivity contribution in [1.29, 1.82) is 0 Å². The largest absolute Gasteiger partial charge is 0.493 e. The van der Waals surface area contributed by atoms with E-state index < -0.39 is 12.0 Å². The van der Waals surface area contributed by atoms with Gasteiger partial charge in [0.1, 0.15) is 6.61 Å². The number of thiazole rings is 1. The van der Waals surface area contributed by atoms with Crippen LogP contribution in [0.4, 0.5) is 0 Å². The van der Waals surface area contributed by atoms with Crippen LogP contribution in [0.1, 0.15) is 42.1 Å². The SMILES string of the molecule is C=CCc1cc(/C=c2\sc3n(c2=O)[C@H](c2ccc(OCC)c(OCC)c2)C(C(=O)OC)=CN=3)cc(OC)c1OCc1ccc(Br)cc1. The molecule has 0 spiro atoms. The molecule has 9 nitrogen and oxygen atoms in total. The number of esters is 1. The molecule has 1 aliphatic rings. The summed E-state index contributed by atoms with van der Waals surface area (Å²) in [6.07, 6.45) is 5.57. The average molecular weight is 720 g/mol. The molecule has 1 atom stereocenters. The molecule has 4 aromatic rings. The molecule has 0 N–H and O–H groups in total. The molecule has 0 bridgehead atoms. The molecule has 0 unspecified atom stereocenters. The molecule has 47 heavy (non-hydrogen) atoms. The number of ether oxygens (including phenoxy) is 5. The highest BCUT2D eigenvalue weighted by atomic mass is 79.9. The number of aromatic nitrogens is 1. The van der Waals surface area contributed by atoms with Gasteiger partial charge in [-0.1, -0.05) is 51.5 Å². The number of methoxy groups -OCH3 is 2. The van der Waals surface area contributed by atoms with Crippen LogP contribution in [-0.2, 0) is 22.6 Å². The summed E-state index contributed by atoms with van der Waals surface area (Å²) in [4.78, 5) is 32.0. The Morgan fingerprint density at radius 1 is 1.00 bits per heavy atom. The fourth-order valence-electron chi connectivity index (χ4n) is 5.26. The molecule has 1 aromatic heterocycles. The number of fused-ring (bicyclic) bond motifs is 1. The number of allylic oxidation sites excluding steroid dienone is 1. The molecule has 0 radical (unpaired) electrons. The first-order valence-electron chi connectivity index (χ1n) is 15.0. The normalized spacial score (nSPS) is 14.0. The summed E-state index contributed by atoms with van der Waals surface area (Å²) >= 11 is 4.69. The molecule has 0 saturated heterocycles. The predicted octanol–water partition coefficient (Wildman–Crippen LogP) is 5.89. The van der Waals surface area contributed by atoms with E-state index in [1.165, 1.54) is 29.2 Å². The van der Waals surface area contributed by atoms with E-state index in [0.717, 1.165) is 21.2 Å². The Labute approximate surface area is 285 Å². The topological polar surface area (TPSA) is 97.6 Å². The van der Waals surface area contributed by atoms with Crippen molar-refractivity contribution in [3.63, 3.8) is 0 Å². The van der Waals surface area contributed by atoms with Crippen molar-refractivity contribution >= 4 is 39.3 Å². The molecule has 0 saturated carbocycles. The molecule has 244 valence electrons. The van der Waals surface area contributed by atoms with Gasteiger partial charge in [0.2, 0.25) is 0 Å². The number of hydrogen-bond acceptors (Lipinski definition) is 9. The molecule has 2 heterocycles. The van der Waals surface area contributed by atoms with Crippen molar-refractivity contribution in [2.75, 3.05) is 27.4 Å². The minimum absolute atomic E-state index is 0.222. The maximum atomic E-state index is 14.1. The smallest absolute Gasteiger partial charge is 0.337 e. The van der Waals surface area contributed by atoms with E-state index in [1.54, 1.807) is 31.4 Å². The third kappa shape index (κ3) is 7.36. The summed E-state index contributed by atoms with van der Waals surface area (Å²) in [5, 5.41) is 0. The Morgan fingerprint density at radius 3 is 2.43 bits per heavy atom. The van der Waals surface area contributed by atoms with Gasteiger partial charge in [-0.15, -0.1) is 6.58 Å². The van der Waals surface area contributed by atoms with Gasteiger partial charge in [-0.25, -0.2) is 9.79 Å². The standard InChI is InChI=1S/C36H35BrN2O7S/c1-6-9-25-16-23(17-30(42-4)33(25)46-21-22-10-13-26(37)14-11-22)18-31-34(40)39-32(27(35(41)43-5)20-38-36(39)47-31)24-12-15-28(44-7-2)29(19-24)45-8-3/h6,10-20,32H,1,7-9,21H2,2-5H3/b31-18-/t32-/m1/s1. The highest BCUT2D eigenvalue weighted by Gasteiger charge is 2.31. The second-order valence-electron chi connectivity index (χ2n) is 10.4. The maximum Gasteiger partial charge on any atom is 0.337 e. The van der Waals surface area contributed by atoms with Crippen LogP contribution in [0.3, 0.4) is 0 Å². The van der Waals surface area contributed by atoms with Gasteiger partial charge < -0.3 is 23.7 Å². The number of carbonyl (C=O) groups excluding carboxylic acids is 1. The van der Waals surface area contributed by atoms with Crippen molar-refractivity contribution in [2.45, 2.75) is 32.9 Å². The molecular formula is C36H35BrN2O7S. The lowest BCUT2D eigenvalue weighted by atomic mass is 9.97. The lowest BCUT2D eigenvalue weighted by Crippen LogP contribution is -2.39. The van der Waals surface area contributed by atoms with Gasteiger partial charge in [0.05, 0.1) is 43.6 Å². The molecule has 5 rings (SSSR count). The summed E-state index contributed by atoms with van der Waals surface area (Å²) in [7, 11) is 2.88. The summed E-state index contributed by atoms with van der Waals surface area (Å²) in [5.41, 5.74) is 3.17. The van der Waals surface area contributed by atoms with E-state index in [9.17, 15) is 9.59 Å². The zero-order valence-electron chi connectivity index (χ0n) is 26.6. The van der Waals surface area contributed by atoms with E-state index in [2.05, 4.69) is 27.5 Å². The number of carbonyl (C=O) groups is 1. The Bertz CT molecular complexity index is 2000. The van der Waals surface area contributed by atoms with Crippen LogP contribution in [0.5, 0.6) is 23.0 Å². The quantitative estimate of drug-likeness (QED) is 0.126. The molecule has 3 aromatic carbocycles. The summed E-state index contributed by atoms with van der Waals surface area (Å²) in [5.74, 6) is 1.64. The Hall–Kier alpha value is -4.61. The number of nitrogens with zero attached hydrogens (tertiary/aromatic N) is 2. The van der Waals surface area contributed by atoms with Crippen LogP contribution in [0.2, 0.25) is 0 Å². The van der Waals surface area contributed by atoms with Crippen LogP contribution in [0.25, 0.3) is 6.08 Å². The van der Waals surface area contributed by atoms with Gasteiger partial charge in [0, 0.05) is 16.2 Å². The first kappa shape index (κ1) is 33.7. The first-order chi connectivity index (χ1) is 22.8. The Morgan fingerprint density at radius 2 is 1.74 bits per heavy atom. The third-order valence-corrected chi connectivity index (χ3v) is 8.87. The summed E-state index contributed by atoms with van der Waals surface area (Å²) in [6, 6.07) is 16.3. The second kappa shape index (κ2) is 15.3. The maximum absolute atomic E-state index is 14.1. The van der Waals surface area contributed by atoms with Gasteiger partial charge in [-0.2, -0.15) is 0 Å². The van der Waals surface area contributed by atoms with E-state index in [4.69, 9.17) is 23.7 Å². The fourth-order valence-corrected chi connectivity index (χ4v) is 6.50. The van der Waals surface area contributed by atoms with E-state index in [-0.39, 0.29) is 11.1 Å². The third-order valence-electron chi connectivity index (χ3n) is 7.34. The van der Waals surface area contributed by atoms with Crippen molar-refractivity contribution in [2.24, 2.45) is 4.99 Å². The molecule has 11 heteroatoms. The second-order valence-corrected chi connectivity index (χ2v) is 12.3. The lowest BCUT2D eigenvalue weighted by molar-refractivity contribution is -0.136. The zero-order valence-corrected chi connectivity index (χ0v) is 29.0. The first-order valence-corrected chi connectivity index (χ1v) is 16.6. The minimum atomic E-state index is -0.795. The van der Waals surface area contributed by atoms with E-state index in [1.807, 2.05) is 56.3 Å². The van der Waals surface area contributed by atoms with Crippen molar-refractivity contribution in [3.05, 3.63) is 125 Å². The predicted molar refractivity (Wildman–Crippen MR) is 185 cm³/mol. The Kier molecular flexibility index (Phi) is 11.0. The van der Waals surface area contributed by atoms with Crippen LogP contribution in [0, 0.1) is 0 Å². The van der Waals surface area contributed by atoms with Crippen molar-refractivity contribution in [1.82, 2.24) is 4.57 Å². The van der Waals surface area contributed by atoms with Gasteiger partial charge in [-0.3, -0.25) is 9.36 Å². The van der Waals surface area contributed by atoms with E-state index in [0.29, 0.717) is 64.1 Å². The highest BCUT2D eigenvalue weighted by molar-refractivity contribution is 9.10. The minimum Gasteiger partial charge on any atom is -0.493 e. The molecular weight excluding hydrogens is 684 g/mol. The van der Waals surface area contributed by atoms with Gasteiger partial charge in [0.15, 0.2) is 27.8 Å². The number of halogens is 1. The fraction of sp³-hybridized carbons (Fsp3) is 0.250. The highest BCUT2D eigenvalue weighted by Crippen LogP contribution is 2.36. The lowest BCUT2D eigenvalue weighted by Gasteiger charge is -2.23. The Balaban J connectivity index is 1.59. The van der Waals surface area contributed by atoms with Crippen molar-refractivity contribution in [3.8, 4) is 23.0 Å². The molecule has 0 aliphatic carbocycles. The molecule has 1 aliphatic heterocycles. The number of rotatable bonds is 13. The van der Waals surface area contributed by atoms with Gasteiger partial charge in [-0.05, 0) is 79.4 Å². The number of hydrogen-bond donors (Lipinski definition) is 0. The van der Waals surface area contributed by atoms with Crippen LogP contribution < -0.4 is 33.8 Å². The zero-order chi connectivity index (χ0) is 33.5. The van der Waals surface area contributed by atoms with Gasteiger partial charge >= 0.3 is 5.97 Å². The molecule has 0 fully saturated rings. The van der Waals surface area contributed by atoms with Crippen LogP contribution in [-0.4, -0.2) is 38.0 Å². The summed E-state index contributed by atoms with van der Waals surface area (Å²) in [6.45, 7) is 8.91. The van der Waals surface area contributed by atoms with Crippen LogP contribution >= 0.6 is 27.3 Å².